The fourth-order valence-electron chi connectivity index (χ4n) is 4.34. The fraction of sp³-hybridized carbons (Fsp3) is 1.00. The van der Waals surface area contributed by atoms with Crippen molar-refractivity contribution < 1.29 is 5.11 Å². The molecule has 0 aromatic rings. The van der Waals surface area contributed by atoms with E-state index in [0.29, 0.717) is 6.04 Å². The number of aliphatic hydroxyl groups is 1. The van der Waals surface area contributed by atoms with Crippen molar-refractivity contribution in [3.63, 3.8) is 0 Å². The third-order valence-corrected chi connectivity index (χ3v) is 5.57. The summed E-state index contributed by atoms with van der Waals surface area (Å²) in [6.45, 7) is 10.9. The average Bonchev–Trinajstić information content (AvgIpc) is 2.45. The molecular weight excluding hydrogens is 260 g/mol. The van der Waals surface area contributed by atoms with Gasteiger partial charge in [0.25, 0.3) is 0 Å². The van der Waals surface area contributed by atoms with E-state index < -0.39 is 5.60 Å². The Morgan fingerprint density at radius 1 is 1.29 bits per heavy atom. The Labute approximate surface area is 131 Å². The van der Waals surface area contributed by atoms with Crippen molar-refractivity contribution in [1.29, 1.82) is 0 Å². The van der Waals surface area contributed by atoms with Gasteiger partial charge in [-0.15, -0.1) is 0 Å². The Balaban J connectivity index is 1.91. The Morgan fingerprint density at radius 2 is 2.10 bits per heavy atom. The van der Waals surface area contributed by atoms with Gasteiger partial charge in [-0.3, -0.25) is 0 Å². The second-order valence-corrected chi connectivity index (χ2v) is 7.74. The number of piperidine rings is 1. The zero-order valence-electron chi connectivity index (χ0n) is 14.4. The SMILES string of the molecule is CCCNC1CCC(CC)CC1CN1CCCC(C)(O)C1. The van der Waals surface area contributed by atoms with Crippen molar-refractivity contribution in [2.24, 2.45) is 11.8 Å². The van der Waals surface area contributed by atoms with Crippen LogP contribution in [0, 0.1) is 11.8 Å². The molecule has 3 nitrogen and oxygen atoms in total. The summed E-state index contributed by atoms with van der Waals surface area (Å²) < 4.78 is 0. The molecule has 21 heavy (non-hydrogen) atoms. The first-order valence-corrected chi connectivity index (χ1v) is 9.22. The molecule has 2 rings (SSSR count). The summed E-state index contributed by atoms with van der Waals surface area (Å²) in [4.78, 5) is 2.52. The number of hydrogen-bond donors (Lipinski definition) is 2. The van der Waals surface area contributed by atoms with Gasteiger partial charge in [0, 0.05) is 19.1 Å². The van der Waals surface area contributed by atoms with E-state index in [1.165, 1.54) is 45.2 Å². The highest BCUT2D eigenvalue weighted by atomic mass is 16.3. The molecule has 0 aromatic carbocycles. The van der Waals surface area contributed by atoms with Crippen LogP contribution in [0.4, 0.5) is 0 Å². The predicted octanol–water partition coefficient (Wildman–Crippen LogP) is 3.03. The molecule has 4 atom stereocenters. The number of likely N-dealkylation sites (tertiary alicyclic amines) is 1. The minimum absolute atomic E-state index is 0.469. The highest BCUT2D eigenvalue weighted by Crippen LogP contribution is 2.33. The van der Waals surface area contributed by atoms with Crippen molar-refractivity contribution in [3.8, 4) is 0 Å². The lowest BCUT2D eigenvalue weighted by Crippen LogP contribution is -2.51. The molecule has 124 valence electrons. The molecule has 0 radical (unpaired) electrons. The molecule has 0 bridgehead atoms. The van der Waals surface area contributed by atoms with E-state index >= 15 is 0 Å². The van der Waals surface area contributed by atoms with E-state index in [4.69, 9.17) is 0 Å². The molecule has 2 fully saturated rings. The van der Waals surface area contributed by atoms with Crippen LogP contribution in [0.15, 0.2) is 0 Å². The lowest BCUT2D eigenvalue weighted by atomic mass is 9.76. The van der Waals surface area contributed by atoms with E-state index in [0.717, 1.165) is 37.8 Å². The van der Waals surface area contributed by atoms with Crippen LogP contribution in [0.25, 0.3) is 0 Å². The van der Waals surface area contributed by atoms with E-state index in [-0.39, 0.29) is 0 Å². The lowest BCUT2D eigenvalue weighted by Gasteiger charge is -2.43. The third kappa shape index (κ3) is 5.22. The molecule has 1 saturated heterocycles. The summed E-state index contributed by atoms with van der Waals surface area (Å²) in [6, 6.07) is 0.694. The number of nitrogens with zero attached hydrogens (tertiary/aromatic N) is 1. The molecule has 1 heterocycles. The second-order valence-electron chi connectivity index (χ2n) is 7.74. The third-order valence-electron chi connectivity index (χ3n) is 5.57. The Hall–Kier alpha value is -0.120. The normalized spacial score (nSPS) is 38.6. The van der Waals surface area contributed by atoms with E-state index in [2.05, 4.69) is 24.1 Å². The van der Waals surface area contributed by atoms with Gasteiger partial charge in [-0.1, -0.05) is 20.3 Å². The second kappa shape index (κ2) is 7.94. The maximum absolute atomic E-state index is 10.3. The fourth-order valence-corrected chi connectivity index (χ4v) is 4.34. The first-order chi connectivity index (χ1) is 10.0. The van der Waals surface area contributed by atoms with Gasteiger partial charge in [-0.05, 0) is 70.4 Å². The van der Waals surface area contributed by atoms with Crippen molar-refractivity contribution in [3.05, 3.63) is 0 Å². The van der Waals surface area contributed by atoms with E-state index in [1.807, 2.05) is 6.92 Å². The molecule has 0 amide bonds. The van der Waals surface area contributed by atoms with Crippen LogP contribution in [0.5, 0.6) is 0 Å². The molecule has 3 heteroatoms. The van der Waals surface area contributed by atoms with Gasteiger partial charge in [0.05, 0.1) is 5.60 Å². The van der Waals surface area contributed by atoms with E-state index in [9.17, 15) is 5.11 Å². The number of β-amino-alcohol motifs (C(OH)–C–C–N with tert-alkyl or cyclic N) is 1. The van der Waals surface area contributed by atoms with Crippen LogP contribution in [0.2, 0.25) is 0 Å². The smallest absolute Gasteiger partial charge is 0.0746 e. The van der Waals surface area contributed by atoms with Crippen molar-refractivity contribution in [1.82, 2.24) is 10.2 Å². The first-order valence-electron chi connectivity index (χ1n) is 9.22. The monoisotopic (exact) mass is 296 g/mol. The molecule has 1 aliphatic carbocycles. The first kappa shape index (κ1) is 17.2. The molecule has 2 N–H and O–H groups in total. The minimum Gasteiger partial charge on any atom is -0.389 e. The molecule has 4 unspecified atom stereocenters. The lowest BCUT2D eigenvalue weighted by molar-refractivity contribution is -0.0246. The highest BCUT2D eigenvalue weighted by Gasteiger charge is 2.34. The van der Waals surface area contributed by atoms with Crippen LogP contribution in [-0.4, -0.2) is 47.8 Å². The average molecular weight is 296 g/mol. The summed E-state index contributed by atoms with van der Waals surface area (Å²) in [6.07, 6.45) is 8.76. The molecular formula is C18H36N2O. The highest BCUT2D eigenvalue weighted by molar-refractivity contribution is 4.89. The largest absolute Gasteiger partial charge is 0.389 e. The minimum atomic E-state index is -0.469. The molecule has 0 aromatic heterocycles. The van der Waals surface area contributed by atoms with Crippen LogP contribution in [-0.2, 0) is 0 Å². The van der Waals surface area contributed by atoms with E-state index in [1.54, 1.807) is 0 Å². The van der Waals surface area contributed by atoms with Crippen LogP contribution < -0.4 is 5.32 Å². The van der Waals surface area contributed by atoms with Gasteiger partial charge in [-0.25, -0.2) is 0 Å². The number of hydrogen-bond acceptors (Lipinski definition) is 3. The zero-order valence-corrected chi connectivity index (χ0v) is 14.4. The predicted molar refractivity (Wildman–Crippen MR) is 89.5 cm³/mol. The van der Waals surface area contributed by atoms with Crippen molar-refractivity contribution >= 4 is 0 Å². The topological polar surface area (TPSA) is 35.5 Å². The summed E-state index contributed by atoms with van der Waals surface area (Å²) in [5.41, 5.74) is -0.469. The van der Waals surface area contributed by atoms with Gasteiger partial charge in [0.1, 0.15) is 0 Å². The van der Waals surface area contributed by atoms with Crippen LogP contribution in [0.1, 0.15) is 65.7 Å². The van der Waals surface area contributed by atoms with Gasteiger partial charge in [0.15, 0.2) is 0 Å². The quantitative estimate of drug-likeness (QED) is 0.791. The van der Waals surface area contributed by atoms with Gasteiger partial charge in [-0.2, -0.15) is 0 Å². The Kier molecular flexibility index (Phi) is 6.51. The summed E-state index contributed by atoms with van der Waals surface area (Å²) >= 11 is 0. The number of rotatable bonds is 6. The van der Waals surface area contributed by atoms with Crippen LogP contribution >= 0.6 is 0 Å². The molecule has 0 spiro atoms. The van der Waals surface area contributed by atoms with Gasteiger partial charge < -0.3 is 15.3 Å². The maximum Gasteiger partial charge on any atom is 0.0746 e. The number of nitrogens with one attached hydrogen (secondary N) is 1. The van der Waals surface area contributed by atoms with Crippen molar-refractivity contribution in [2.45, 2.75) is 77.4 Å². The Morgan fingerprint density at radius 3 is 2.76 bits per heavy atom. The van der Waals surface area contributed by atoms with Crippen molar-refractivity contribution in [2.75, 3.05) is 26.2 Å². The van der Waals surface area contributed by atoms with Gasteiger partial charge in [0.2, 0.25) is 0 Å². The molecule has 1 saturated carbocycles. The zero-order chi connectivity index (χ0) is 15.3. The summed E-state index contributed by atoms with van der Waals surface area (Å²) in [5.74, 6) is 1.68. The summed E-state index contributed by atoms with van der Waals surface area (Å²) in [5, 5.41) is 14.1. The van der Waals surface area contributed by atoms with Gasteiger partial charge >= 0.3 is 0 Å². The van der Waals surface area contributed by atoms with Crippen LogP contribution in [0.3, 0.4) is 0 Å². The molecule has 2 aliphatic rings. The Bertz CT molecular complexity index is 306. The summed E-state index contributed by atoms with van der Waals surface area (Å²) in [7, 11) is 0. The standard InChI is InChI=1S/C18H36N2O/c1-4-10-19-17-8-7-15(5-2)12-16(17)13-20-11-6-9-18(3,21)14-20/h15-17,19,21H,4-14H2,1-3H3. The maximum atomic E-state index is 10.3. The molecule has 1 aliphatic heterocycles.